The molecule has 0 atom stereocenters. The van der Waals surface area contributed by atoms with E-state index in [2.05, 4.69) is 9.97 Å². The molecule has 10 nitrogen and oxygen atoms in total. The number of unbranched alkanes of at least 4 members (excludes halogenated alkanes) is 1. The lowest BCUT2D eigenvalue weighted by Crippen LogP contribution is -2.41. The van der Waals surface area contributed by atoms with Crippen LogP contribution in [0.1, 0.15) is 19.8 Å². The molecule has 1 amide bonds. The number of fused-ring (bicyclic) bond motifs is 1. The fourth-order valence-electron chi connectivity index (χ4n) is 3.06. The van der Waals surface area contributed by atoms with Crippen molar-refractivity contribution in [2.75, 3.05) is 17.7 Å². The third kappa shape index (κ3) is 3.86. The van der Waals surface area contributed by atoms with Crippen LogP contribution in [-0.2, 0) is 17.9 Å². The summed E-state index contributed by atoms with van der Waals surface area (Å²) >= 11 is 0. The number of hydrogen-bond acceptors (Lipinski definition) is 6. The van der Waals surface area contributed by atoms with Gasteiger partial charge < -0.3 is 10.6 Å². The van der Waals surface area contributed by atoms with E-state index in [0.717, 1.165) is 22.0 Å². The van der Waals surface area contributed by atoms with E-state index in [0.29, 0.717) is 11.9 Å². The number of aromatic amines is 1. The minimum atomic E-state index is -0.813. The summed E-state index contributed by atoms with van der Waals surface area (Å²) in [6.07, 6.45) is 2.62. The standard InChI is InChI=1S/C19H21FN6O4/c1-3-4-7-26-16(21)15(17(28)23-19(26)30)24(2)14(27)9-25-10-22-13-6-5-11(20)8-12(13)18(25)29/h5-6,8,10H,3-4,7,9,21H2,1-2H3,(H,23,28,30). The zero-order valence-corrected chi connectivity index (χ0v) is 16.5. The summed E-state index contributed by atoms with van der Waals surface area (Å²) in [5.41, 5.74) is 4.03. The zero-order valence-electron chi connectivity index (χ0n) is 16.5. The summed E-state index contributed by atoms with van der Waals surface area (Å²) in [5, 5.41) is 0.0263. The first-order valence-corrected chi connectivity index (χ1v) is 9.28. The van der Waals surface area contributed by atoms with Crippen LogP contribution >= 0.6 is 0 Å². The van der Waals surface area contributed by atoms with Gasteiger partial charge in [0.05, 0.1) is 17.2 Å². The molecule has 0 saturated carbocycles. The van der Waals surface area contributed by atoms with Crippen LogP contribution in [0.2, 0.25) is 0 Å². The van der Waals surface area contributed by atoms with Gasteiger partial charge in [-0.05, 0) is 24.6 Å². The smallest absolute Gasteiger partial charge is 0.330 e. The van der Waals surface area contributed by atoms with Crippen LogP contribution in [0.5, 0.6) is 0 Å². The minimum Gasteiger partial charge on any atom is -0.383 e. The zero-order chi connectivity index (χ0) is 22.0. The number of H-pyrrole nitrogens is 1. The van der Waals surface area contributed by atoms with Gasteiger partial charge in [-0.15, -0.1) is 0 Å². The maximum atomic E-state index is 13.5. The van der Waals surface area contributed by atoms with E-state index in [1.165, 1.54) is 30.1 Å². The minimum absolute atomic E-state index is 0.0263. The van der Waals surface area contributed by atoms with E-state index in [-0.39, 0.29) is 23.4 Å². The van der Waals surface area contributed by atoms with Crippen LogP contribution in [0.4, 0.5) is 15.9 Å². The number of hydrogen-bond donors (Lipinski definition) is 2. The van der Waals surface area contributed by atoms with Crippen molar-refractivity contribution >= 4 is 28.3 Å². The molecule has 2 heterocycles. The number of rotatable bonds is 6. The van der Waals surface area contributed by atoms with Gasteiger partial charge in [0, 0.05) is 13.6 Å². The van der Waals surface area contributed by atoms with Crippen molar-refractivity contribution in [3.8, 4) is 0 Å². The molecule has 158 valence electrons. The molecule has 0 unspecified atom stereocenters. The molecule has 0 aliphatic heterocycles. The largest absolute Gasteiger partial charge is 0.383 e. The Bertz CT molecular complexity index is 1290. The summed E-state index contributed by atoms with van der Waals surface area (Å²) in [5.74, 6) is -1.39. The molecule has 0 aliphatic carbocycles. The van der Waals surface area contributed by atoms with E-state index < -0.39 is 35.1 Å². The van der Waals surface area contributed by atoms with Crippen LogP contribution in [0.3, 0.4) is 0 Å². The molecule has 3 aromatic rings. The van der Waals surface area contributed by atoms with Crippen molar-refractivity contribution in [3.63, 3.8) is 0 Å². The highest BCUT2D eigenvalue weighted by Gasteiger charge is 2.21. The summed E-state index contributed by atoms with van der Waals surface area (Å²) in [6, 6.07) is 3.59. The molecule has 30 heavy (non-hydrogen) atoms. The number of nitrogens with one attached hydrogen (secondary N) is 1. The molecule has 0 radical (unpaired) electrons. The number of amides is 1. The van der Waals surface area contributed by atoms with Crippen molar-refractivity contribution in [1.29, 1.82) is 0 Å². The Morgan fingerprint density at radius 2 is 2.03 bits per heavy atom. The summed E-state index contributed by atoms with van der Waals surface area (Å²) in [4.78, 5) is 56.9. The summed E-state index contributed by atoms with van der Waals surface area (Å²) in [6.45, 7) is 1.76. The Labute approximate surface area is 169 Å². The van der Waals surface area contributed by atoms with Gasteiger partial charge in [-0.3, -0.25) is 28.5 Å². The van der Waals surface area contributed by atoms with Crippen LogP contribution < -0.4 is 27.4 Å². The van der Waals surface area contributed by atoms with Gasteiger partial charge in [0.2, 0.25) is 5.91 Å². The van der Waals surface area contributed by atoms with Crippen molar-refractivity contribution in [3.05, 3.63) is 61.5 Å². The normalized spacial score (nSPS) is 11.0. The highest BCUT2D eigenvalue weighted by molar-refractivity contribution is 5.95. The maximum Gasteiger partial charge on any atom is 0.330 e. The Kier molecular flexibility index (Phi) is 5.81. The Balaban J connectivity index is 1.96. The second-order valence-electron chi connectivity index (χ2n) is 6.79. The molecule has 0 spiro atoms. The van der Waals surface area contributed by atoms with Gasteiger partial charge in [0.25, 0.3) is 11.1 Å². The predicted octanol–water partition coefficient (Wildman–Crippen LogP) is 0.431. The van der Waals surface area contributed by atoms with E-state index >= 15 is 0 Å². The quantitative estimate of drug-likeness (QED) is 0.598. The lowest BCUT2D eigenvalue weighted by atomic mass is 10.2. The monoisotopic (exact) mass is 416 g/mol. The topological polar surface area (TPSA) is 136 Å². The molecular formula is C19H21FN6O4. The number of likely N-dealkylation sites (N-methyl/N-ethyl adjacent to an activating group) is 1. The van der Waals surface area contributed by atoms with E-state index in [4.69, 9.17) is 5.73 Å². The lowest BCUT2D eigenvalue weighted by molar-refractivity contribution is -0.118. The number of carbonyl (C=O) groups is 1. The molecule has 11 heteroatoms. The van der Waals surface area contributed by atoms with Crippen molar-refractivity contribution < 1.29 is 9.18 Å². The number of anilines is 2. The first kappa shape index (κ1) is 21.0. The molecule has 2 aromatic heterocycles. The van der Waals surface area contributed by atoms with Crippen molar-refractivity contribution in [2.45, 2.75) is 32.9 Å². The van der Waals surface area contributed by atoms with Gasteiger partial charge in [-0.1, -0.05) is 13.3 Å². The van der Waals surface area contributed by atoms with E-state index in [9.17, 15) is 23.6 Å². The van der Waals surface area contributed by atoms with Crippen molar-refractivity contribution in [1.82, 2.24) is 19.1 Å². The van der Waals surface area contributed by atoms with Gasteiger partial charge in [-0.2, -0.15) is 0 Å². The third-order valence-electron chi connectivity index (χ3n) is 4.75. The van der Waals surface area contributed by atoms with Gasteiger partial charge in [0.15, 0.2) is 5.69 Å². The second-order valence-corrected chi connectivity index (χ2v) is 6.79. The number of nitrogen functional groups attached to an aromatic ring is 1. The highest BCUT2D eigenvalue weighted by atomic mass is 19.1. The van der Waals surface area contributed by atoms with E-state index in [1.807, 2.05) is 6.92 Å². The Morgan fingerprint density at radius 1 is 1.30 bits per heavy atom. The number of nitrogens with zero attached hydrogens (tertiary/aromatic N) is 4. The van der Waals surface area contributed by atoms with Crippen LogP contribution in [0.15, 0.2) is 38.9 Å². The third-order valence-corrected chi connectivity index (χ3v) is 4.75. The summed E-state index contributed by atoms with van der Waals surface area (Å²) < 4.78 is 15.7. The molecule has 3 rings (SSSR count). The average molecular weight is 416 g/mol. The molecule has 0 aliphatic rings. The predicted molar refractivity (Wildman–Crippen MR) is 110 cm³/mol. The van der Waals surface area contributed by atoms with Crippen LogP contribution in [-0.4, -0.2) is 32.1 Å². The van der Waals surface area contributed by atoms with Gasteiger partial charge in [0.1, 0.15) is 18.2 Å². The summed E-state index contributed by atoms with van der Waals surface area (Å²) in [7, 11) is 1.32. The number of nitrogens with two attached hydrogens (primary N) is 1. The average Bonchev–Trinajstić information content (AvgIpc) is 2.70. The first-order chi connectivity index (χ1) is 14.2. The number of halogens is 1. The molecule has 3 N–H and O–H groups in total. The van der Waals surface area contributed by atoms with Crippen molar-refractivity contribution in [2.24, 2.45) is 0 Å². The molecular weight excluding hydrogens is 395 g/mol. The van der Waals surface area contributed by atoms with Gasteiger partial charge >= 0.3 is 5.69 Å². The number of benzene rings is 1. The van der Waals surface area contributed by atoms with Crippen LogP contribution in [0, 0.1) is 5.82 Å². The Morgan fingerprint density at radius 3 is 2.73 bits per heavy atom. The van der Waals surface area contributed by atoms with Crippen LogP contribution in [0.25, 0.3) is 10.9 Å². The fourth-order valence-corrected chi connectivity index (χ4v) is 3.06. The maximum absolute atomic E-state index is 13.5. The molecule has 0 bridgehead atoms. The number of carbonyl (C=O) groups excluding carboxylic acids is 1. The Hall–Kier alpha value is -3.76. The fraction of sp³-hybridized carbons (Fsp3) is 0.316. The highest BCUT2D eigenvalue weighted by Crippen LogP contribution is 2.16. The molecule has 1 aromatic carbocycles. The van der Waals surface area contributed by atoms with E-state index in [1.54, 1.807) is 0 Å². The SMILES string of the molecule is CCCCn1c(N)c(N(C)C(=O)Cn2cnc3ccc(F)cc3c2=O)c(=O)[nH]c1=O. The lowest BCUT2D eigenvalue weighted by Gasteiger charge is -2.20. The second kappa shape index (κ2) is 8.31. The number of aromatic nitrogens is 4. The van der Waals surface area contributed by atoms with Gasteiger partial charge in [-0.25, -0.2) is 14.2 Å². The molecule has 0 fully saturated rings. The first-order valence-electron chi connectivity index (χ1n) is 9.28. The molecule has 0 saturated heterocycles.